The molecule has 1 heterocycles. The van der Waals surface area contributed by atoms with Crippen LogP contribution in [-0.2, 0) is 9.53 Å². The summed E-state index contributed by atoms with van der Waals surface area (Å²) in [6.45, 7) is 5.39. The van der Waals surface area contributed by atoms with Crippen LogP contribution in [0.3, 0.4) is 0 Å². The molecular weight excluding hydrogens is 280 g/mol. The maximum absolute atomic E-state index is 11.8. The van der Waals surface area contributed by atoms with Crippen LogP contribution in [0.15, 0.2) is 0 Å². The maximum Gasteiger partial charge on any atom is 0.348 e. The first-order chi connectivity index (χ1) is 9.42. The van der Waals surface area contributed by atoms with Gasteiger partial charge in [-0.2, -0.15) is 5.26 Å². The highest BCUT2D eigenvalue weighted by Crippen LogP contribution is 2.33. The minimum Gasteiger partial charge on any atom is -0.481 e. The minimum absolute atomic E-state index is 0.187. The van der Waals surface area contributed by atoms with Crippen molar-refractivity contribution in [1.29, 1.82) is 5.26 Å². The molecule has 0 spiro atoms. The van der Waals surface area contributed by atoms with Gasteiger partial charge in [0.1, 0.15) is 15.9 Å². The highest BCUT2D eigenvalue weighted by molar-refractivity contribution is 7.18. The third-order valence-corrected chi connectivity index (χ3v) is 3.94. The Labute approximate surface area is 121 Å². The molecule has 0 saturated carbocycles. The summed E-state index contributed by atoms with van der Waals surface area (Å²) < 4.78 is 4.93. The van der Waals surface area contributed by atoms with E-state index < -0.39 is 17.9 Å². The average molecular weight is 296 g/mol. The van der Waals surface area contributed by atoms with Gasteiger partial charge in [-0.15, -0.1) is 11.3 Å². The normalized spacial score (nSPS) is 11.5. The summed E-state index contributed by atoms with van der Waals surface area (Å²) in [5, 5.41) is 21.4. The van der Waals surface area contributed by atoms with Crippen LogP contribution in [0.1, 0.15) is 34.6 Å². The average Bonchev–Trinajstić information content (AvgIpc) is 2.72. The molecule has 0 aliphatic heterocycles. The lowest BCUT2D eigenvalue weighted by Gasteiger charge is -2.07. The molecule has 0 aliphatic carbocycles. The number of nitriles is 1. The number of hydrogen-bond donors (Lipinski definition) is 2. The Morgan fingerprint density at radius 1 is 1.55 bits per heavy atom. The number of carbonyl (C=O) groups is 2. The Morgan fingerprint density at radius 2 is 2.20 bits per heavy atom. The molecule has 0 bridgehead atoms. The molecule has 1 aromatic heterocycles. The second-order valence-electron chi connectivity index (χ2n) is 4.21. The molecule has 0 radical (unpaired) electrons. The first-order valence-corrected chi connectivity index (χ1v) is 6.91. The largest absolute Gasteiger partial charge is 0.481 e. The molecule has 1 rings (SSSR count). The summed E-state index contributed by atoms with van der Waals surface area (Å²) in [5.41, 5.74) is 0.914. The van der Waals surface area contributed by atoms with E-state index in [1.807, 2.05) is 6.07 Å². The van der Waals surface area contributed by atoms with Crippen molar-refractivity contribution in [2.75, 3.05) is 18.5 Å². The Morgan fingerprint density at radius 3 is 2.70 bits per heavy atom. The summed E-state index contributed by atoms with van der Waals surface area (Å²) in [7, 11) is 0. The van der Waals surface area contributed by atoms with Crippen molar-refractivity contribution >= 4 is 28.3 Å². The monoisotopic (exact) mass is 296 g/mol. The molecule has 1 unspecified atom stereocenters. The quantitative estimate of drug-likeness (QED) is 0.781. The van der Waals surface area contributed by atoms with Gasteiger partial charge in [-0.05, 0) is 19.4 Å². The van der Waals surface area contributed by atoms with Crippen LogP contribution in [0.5, 0.6) is 0 Å². The van der Waals surface area contributed by atoms with Crippen molar-refractivity contribution in [3.8, 4) is 6.07 Å². The van der Waals surface area contributed by atoms with E-state index in [2.05, 4.69) is 5.32 Å². The van der Waals surface area contributed by atoms with Crippen molar-refractivity contribution in [3.63, 3.8) is 0 Å². The van der Waals surface area contributed by atoms with Crippen LogP contribution in [0.2, 0.25) is 0 Å². The van der Waals surface area contributed by atoms with Crippen molar-refractivity contribution < 1.29 is 19.4 Å². The summed E-state index contributed by atoms with van der Waals surface area (Å²) in [5.74, 6) is -1.98. The van der Waals surface area contributed by atoms with E-state index in [0.29, 0.717) is 21.0 Å². The number of thiophene rings is 1. The predicted molar refractivity (Wildman–Crippen MR) is 75.0 cm³/mol. The van der Waals surface area contributed by atoms with E-state index in [1.165, 1.54) is 0 Å². The number of carboxylic acids is 1. The first-order valence-electron chi connectivity index (χ1n) is 6.09. The number of anilines is 1. The molecule has 108 valence electrons. The van der Waals surface area contributed by atoms with Crippen LogP contribution in [0.4, 0.5) is 5.00 Å². The van der Waals surface area contributed by atoms with Gasteiger partial charge in [0.25, 0.3) is 0 Å². The fourth-order valence-electron chi connectivity index (χ4n) is 1.50. The molecule has 1 aromatic rings. The topological polar surface area (TPSA) is 99.4 Å². The number of carbonyl (C=O) groups excluding carboxylic acids is 1. The van der Waals surface area contributed by atoms with Crippen molar-refractivity contribution in [2.24, 2.45) is 5.92 Å². The number of carboxylic acid groups (broad SMARTS) is 1. The van der Waals surface area contributed by atoms with Gasteiger partial charge >= 0.3 is 11.9 Å². The zero-order valence-corrected chi connectivity index (χ0v) is 12.3. The second-order valence-corrected chi connectivity index (χ2v) is 5.23. The number of nitrogens with zero attached hydrogens (tertiary/aromatic N) is 1. The molecule has 0 fully saturated rings. The molecule has 0 aromatic carbocycles. The van der Waals surface area contributed by atoms with Gasteiger partial charge in [0.05, 0.1) is 18.1 Å². The zero-order valence-electron chi connectivity index (χ0n) is 11.5. The van der Waals surface area contributed by atoms with Crippen LogP contribution < -0.4 is 5.32 Å². The van der Waals surface area contributed by atoms with Crippen molar-refractivity contribution in [3.05, 3.63) is 16.0 Å². The summed E-state index contributed by atoms with van der Waals surface area (Å²) in [6.07, 6.45) is 0. The minimum atomic E-state index is -0.921. The predicted octanol–water partition coefficient (Wildman–Crippen LogP) is 2.24. The first kappa shape index (κ1) is 16.0. The molecule has 0 saturated heterocycles. The molecular formula is C13H16N2O4S. The van der Waals surface area contributed by atoms with Crippen molar-refractivity contribution in [1.82, 2.24) is 0 Å². The van der Waals surface area contributed by atoms with E-state index >= 15 is 0 Å². The van der Waals surface area contributed by atoms with Gasteiger partial charge in [-0.3, -0.25) is 4.79 Å². The molecule has 2 N–H and O–H groups in total. The Balaban J connectivity index is 2.97. The Kier molecular flexibility index (Phi) is 5.53. The fraction of sp³-hybridized carbons (Fsp3) is 0.462. The second kappa shape index (κ2) is 6.91. The number of nitrogens with one attached hydrogen (secondary N) is 1. The lowest BCUT2D eigenvalue weighted by molar-refractivity contribution is -0.140. The van der Waals surface area contributed by atoms with Crippen LogP contribution >= 0.6 is 11.3 Å². The number of rotatable bonds is 6. The molecule has 7 heteroatoms. The zero-order chi connectivity index (χ0) is 15.3. The molecule has 0 amide bonds. The van der Waals surface area contributed by atoms with E-state index in [-0.39, 0.29) is 13.2 Å². The Hall–Kier alpha value is -2.07. The number of ether oxygens (including phenoxy) is 1. The number of esters is 1. The third-order valence-electron chi connectivity index (χ3n) is 2.71. The van der Waals surface area contributed by atoms with E-state index in [4.69, 9.17) is 15.1 Å². The summed E-state index contributed by atoms with van der Waals surface area (Å²) in [6, 6.07) is 2.03. The Bertz CT molecular complexity index is 559. The van der Waals surface area contributed by atoms with Crippen LogP contribution in [0, 0.1) is 24.2 Å². The van der Waals surface area contributed by atoms with E-state index in [9.17, 15) is 9.59 Å². The number of hydrogen-bond acceptors (Lipinski definition) is 6. The van der Waals surface area contributed by atoms with Gasteiger partial charge in [0, 0.05) is 6.54 Å². The molecule has 1 atom stereocenters. The number of aliphatic carboxylic acids is 1. The van der Waals surface area contributed by atoms with Gasteiger partial charge in [-0.25, -0.2) is 4.79 Å². The van der Waals surface area contributed by atoms with Crippen molar-refractivity contribution in [2.45, 2.75) is 20.8 Å². The van der Waals surface area contributed by atoms with Crippen LogP contribution in [-0.4, -0.2) is 30.2 Å². The lowest BCUT2D eigenvalue weighted by atomic mass is 10.1. The van der Waals surface area contributed by atoms with E-state index in [0.717, 1.165) is 11.3 Å². The smallest absolute Gasteiger partial charge is 0.348 e. The standard InChI is InChI=1S/C13H16N2O4S/c1-4-19-13(18)10-8(3)9(5-14)11(20-10)15-6-7(2)12(16)17/h7,15H,4,6H2,1-3H3,(H,16,17). The van der Waals surface area contributed by atoms with E-state index in [1.54, 1.807) is 20.8 Å². The summed E-state index contributed by atoms with van der Waals surface area (Å²) in [4.78, 5) is 22.9. The maximum atomic E-state index is 11.8. The SMILES string of the molecule is CCOC(=O)c1sc(NCC(C)C(=O)O)c(C#N)c1C. The van der Waals surface area contributed by atoms with Gasteiger partial charge < -0.3 is 15.2 Å². The lowest BCUT2D eigenvalue weighted by Crippen LogP contribution is -2.19. The van der Waals surface area contributed by atoms with Gasteiger partial charge in [0.2, 0.25) is 0 Å². The van der Waals surface area contributed by atoms with Gasteiger partial charge in [0.15, 0.2) is 0 Å². The highest BCUT2D eigenvalue weighted by Gasteiger charge is 2.21. The van der Waals surface area contributed by atoms with Gasteiger partial charge in [-0.1, -0.05) is 6.92 Å². The third kappa shape index (κ3) is 3.48. The fourth-order valence-corrected chi connectivity index (χ4v) is 2.55. The molecule has 6 nitrogen and oxygen atoms in total. The molecule has 20 heavy (non-hydrogen) atoms. The summed E-state index contributed by atoms with van der Waals surface area (Å²) >= 11 is 1.11. The van der Waals surface area contributed by atoms with Crippen LogP contribution in [0.25, 0.3) is 0 Å². The highest BCUT2D eigenvalue weighted by atomic mass is 32.1. The molecule has 0 aliphatic rings.